The van der Waals surface area contributed by atoms with Crippen LogP contribution in [-0.2, 0) is 16.2 Å². The van der Waals surface area contributed by atoms with E-state index in [0.717, 1.165) is 96.8 Å². The summed E-state index contributed by atoms with van der Waals surface area (Å²) in [6, 6.07) is 9.53. The van der Waals surface area contributed by atoms with Crippen molar-refractivity contribution in [1.29, 1.82) is 0 Å². The van der Waals surface area contributed by atoms with E-state index in [4.69, 9.17) is 14.6 Å². The highest BCUT2D eigenvalue weighted by atomic mass is 28.3. The third-order valence-electron chi connectivity index (χ3n) is 10.00. The molecule has 1 aromatic carbocycles. The van der Waals surface area contributed by atoms with Gasteiger partial charge in [0.15, 0.2) is 5.82 Å². The van der Waals surface area contributed by atoms with Gasteiger partial charge in [0.2, 0.25) is 0 Å². The molecule has 0 radical (unpaired) electrons. The molecule has 14 heteroatoms. The number of carboxylic acid groups (broad SMARTS) is 1. The number of piperidine rings is 1. The van der Waals surface area contributed by atoms with E-state index in [9.17, 15) is 9.90 Å². The maximum atomic E-state index is 11.8. The van der Waals surface area contributed by atoms with Crippen molar-refractivity contribution in [1.82, 2.24) is 39.9 Å². The normalized spacial score (nSPS) is 23.0. The molecule has 3 aliphatic heterocycles. The number of nitrogens with zero attached hydrogens (tertiary/aromatic N) is 9. The number of ether oxygens (including phenoxy) is 2. The quantitative estimate of drug-likeness (QED) is 0.163. The van der Waals surface area contributed by atoms with Gasteiger partial charge in [0.05, 0.1) is 11.9 Å². The van der Waals surface area contributed by atoms with Crippen molar-refractivity contribution in [3.8, 4) is 22.4 Å². The highest BCUT2D eigenvalue weighted by Crippen LogP contribution is 2.39. The van der Waals surface area contributed by atoms with Gasteiger partial charge < -0.3 is 24.4 Å². The fourth-order valence-corrected chi connectivity index (χ4v) is 8.09. The van der Waals surface area contributed by atoms with Gasteiger partial charge in [-0.25, -0.2) is 14.2 Å². The average Bonchev–Trinajstić information content (AvgIpc) is 3.79. The fraction of sp³-hybridized carbons (Fsp3) is 0.576. The summed E-state index contributed by atoms with van der Waals surface area (Å²) in [6.45, 7) is 8.74. The monoisotopic (exact) mass is 659 g/mol. The second-order valence-electron chi connectivity index (χ2n) is 14.4. The minimum atomic E-state index is -1.24. The minimum absolute atomic E-state index is 0.0467. The Morgan fingerprint density at radius 2 is 1.83 bits per heavy atom. The molecule has 3 aliphatic rings. The zero-order chi connectivity index (χ0) is 32.7. The molecule has 3 saturated heterocycles. The first-order valence-electron chi connectivity index (χ1n) is 16.8. The molecule has 3 fully saturated rings. The number of hydrogen-bond acceptors (Lipinski definition) is 9. The topological polar surface area (TPSA) is 137 Å². The van der Waals surface area contributed by atoms with Crippen LogP contribution in [0, 0.1) is 0 Å². The lowest BCUT2D eigenvalue weighted by atomic mass is 9.96. The van der Waals surface area contributed by atoms with Crippen molar-refractivity contribution in [2.24, 2.45) is 0 Å². The first kappa shape index (κ1) is 31.7. The van der Waals surface area contributed by atoms with Gasteiger partial charge >= 0.3 is 6.09 Å². The summed E-state index contributed by atoms with van der Waals surface area (Å²) < 4.78 is 15.8. The molecule has 1 N–H and O–H groups in total. The number of amides is 1. The molecule has 4 aromatic rings. The Morgan fingerprint density at radius 1 is 1.04 bits per heavy atom. The van der Waals surface area contributed by atoms with Crippen molar-refractivity contribution >= 4 is 31.0 Å². The number of carbonyl (C=O) groups is 1. The average molecular weight is 660 g/mol. The van der Waals surface area contributed by atoms with Crippen molar-refractivity contribution in [2.45, 2.75) is 102 Å². The number of aromatic nitrogens is 7. The summed E-state index contributed by atoms with van der Waals surface area (Å²) in [5, 5.41) is 32.9. The van der Waals surface area contributed by atoms with Gasteiger partial charge in [-0.1, -0.05) is 30.9 Å². The van der Waals surface area contributed by atoms with Crippen LogP contribution in [-0.4, -0.2) is 97.5 Å². The highest BCUT2D eigenvalue weighted by molar-refractivity contribution is 6.76. The van der Waals surface area contributed by atoms with Crippen LogP contribution in [0.4, 0.5) is 10.6 Å². The van der Waals surface area contributed by atoms with E-state index in [1.807, 2.05) is 40.9 Å². The summed E-state index contributed by atoms with van der Waals surface area (Å²) in [5.74, 6) is 0.772. The molecule has 1 amide bonds. The van der Waals surface area contributed by atoms with Gasteiger partial charge in [0.25, 0.3) is 0 Å². The minimum Gasteiger partial charge on any atom is -0.465 e. The van der Waals surface area contributed by atoms with E-state index >= 15 is 0 Å². The summed E-state index contributed by atoms with van der Waals surface area (Å²) >= 11 is 0. The first-order chi connectivity index (χ1) is 22.7. The van der Waals surface area contributed by atoms with Gasteiger partial charge in [-0.2, -0.15) is 5.10 Å². The van der Waals surface area contributed by atoms with Gasteiger partial charge in [-0.15, -0.1) is 15.3 Å². The number of rotatable bonds is 10. The third kappa shape index (κ3) is 6.50. The van der Waals surface area contributed by atoms with Crippen LogP contribution in [0.25, 0.3) is 33.4 Å². The lowest BCUT2D eigenvalue weighted by Crippen LogP contribution is -2.51. The van der Waals surface area contributed by atoms with Crippen LogP contribution in [0.5, 0.6) is 0 Å². The van der Waals surface area contributed by atoms with Crippen LogP contribution in [0.3, 0.4) is 0 Å². The number of anilines is 1. The van der Waals surface area contributed by atoms with Crippen LogP contribution >= 0.6 is 0 Å². The van der Waals surface area contributed by atoms with Crippen LogP contribution < -0.4 is 4.90 Å². The molecule has 13 nitrogen and oxygen atoms in total. The molecular formula is C33H45N9O4Si. The maximum Gasteiger partial charge on any atom is 0.407 e. The maximum absolute atomic E-state index is 11.8. The molecule has 4 atom stereocenters. The van der Waals surface area contributed by atoms with Gasteiger partial charge in [0, 0.05) is 69.3 Å². The van der Waals surface area contributed by atoms with E-state index in [-0.39, 0.29) is 31.1 Å². The molecule has 0 saturated carbocycles. The molecule has 2 bridgehead atoms. The van der Waals surface area contributed by atoms with E-state index in [1.54, 1.807) is 4.90 Å². The third-order valence-corrected chi connectivity index (χ3v) is 11.7. The molecule has 6 heterocycles. The largest absolute Gasteiger partial charge is 0.465 e. The molecule has 0 aliphatic carbocycles. The van der Waals surface area contributed by atoms with Gasteiger partial charge in [-0.05, 0) is 69.2 Å². The summed E-state index contributed by atoms with van der Waals surface area (Å²) in [4.78, 5) is 15.6. The number of benzene rings is 1. The Hall–Kier alpha value is -3.88. The first-order valence-corrected chi connectivity index (χ1v) is 20.6. The van der Waals surface area contributed by atoms with Crippen molar-refractivity contribution in [3.05, 3.63) is 36.7 Å². The van der Waals surface area contributed by atoms with Gasteiger partial charge in [-0.3, -0.25) is 0 Å². The van der Waals surface area contributed by atoms with E-state index in [1.165, 1.54) is 0 Å². The summed E-state index contributed by atoms with van der Waals surface area (Å²) in [7, 11) is 0.792. The molecule has 47 heavy (non-hydrogen) atoms. The SMILES string of the molecule is CN(c1ccc(-c2ccc(-c3cnn(C4CCCCO4)c3)c3nnn(COCC[Si](C)(C)C)c23)nn1)C1C[C@H]2CC[C@@H](C1)N2C(=O)O. The van der Waals surface area contributed by atoms with E-state index in [0.29, 0.717) is 6.61 Å². The predicted molar refractivity (Wildman–Crippen MR) is 181 cm³/mol. The number of fused-ring (bicyclic) bond motifs is 3. The predicted octanol–water partition coefficient (Wildman–Crippen LogP) is 5.87. The fourth-order valence-electron chi connectivity index (χ4n) is 7.33. The van der Waals surface area contributed by atoms with Crippen LogP contribution in [0.1, 0.15) is 51.2 Å². The Balaban J connectivity index is 1.17. The van der Waals surface area contributed by atoms with Gasteiger partial charge in [0.1, 0.15) is 24.0 Å². The Morgan fingerprint density at radius 3 is 2.51 bits per heavy atom. The van der Waals surface area contributed by atoms with Crippen molar-refractivity contribution < 1.29 is 19.4 Å². The van der Waals surface area contributed by atoms with Crippen LogP contribution in [0.2, 0.25) is 25.7 Å². The van der Waals surface area contributed by atoms with Crippen LogP contribution in [0.15, 0.2) is 36.7 Å². The lowest BCUT2D eigenvalue weighted by Gasteiger charge is -2.41. The van der Waals surface area contributed by atoms with E-state index in [2.05, 4.69) is 57.2 Å². The standard InChI is InChI=1S/C33H45N9O4Si/c1-39(25-17-23-8-9-24(18-25)42(23)33(43)44)29-13-12-28(35-36-29)27-11-10-26(22-19-34-40(20-22)30-7-5-6-14-46-30)31-32(27)41(38-37-31)21-45-15-16-47(2,3)4/h10-13,19-20,23-25,30H,5-9,14-18,21H2,1-4H3,(H,43,44)/t23-,24+,25?,30?. The van der Waals surface area contributed by atoms with Crippen molar-refractivity contribution in [3.63, 3.8) is 0 Å². The molecule has 0 spiro atoms. The zero-order valence-corrected chi connectivity index (χ0v) is 28.7. The molecule has 2 unspecified atom stereocenters. The van der Waals surface area contributed by atoms with E-state index < -0.39 is 14.2 Å². The Kier molecular flexibility index (Phi) is 8.74. The molecular weight excluding hydrogens is 615 g/mol. The summed E-state index contributed by atoms with van der Waals surface area (Å²) in [5.41, 5.74) is 5.07. The Bertz CT molecular complexity index is 1700. The molecule has 7 rings (SSSR count). The zero-order valence-electron chi connectivity index (χ0n) is 27.7. The lowest BCUT2D eigenvalue weighted by molar-refractivity contribution is -0.0394. The highest BCUT2D eigenvalue weighted by Gasteiger charge is 2.44. The number of hydrogen-bond donors (Lipinski definition) is 1. The molecule has 250 valence electrons. The smallest absolute Gasteiger partial charge is 0.407 e. The van der Waals surface area contributed by atoms with Crippen molar-refractivity contribution in [2.75, 3.05) is 25.2 Å². The second kappa shape index (κ2) is 13.0. The molecule has 3 aromatic heterocycles. The Labute approximate surface area is 275 Å². The second-order valence-corrected chi connectivity index (χ2v) is 20.0. The summed E-state index contributed by atoms with van der Waals surface area (Å²) in [6.07, 6.45) is 9.68.